The van der Waals surface area contributed by atoms with Gasteiger partial charge in [-0.05, 0) is 12.8 Å². The summed E-state index contributed by atoms with van der Waals surface area (Å²) in [6.07, 6.45) is 1.45. The summed E-state index contributed by atoms with van der Waals surface area (Å²) in [7, 11) is -2.95. The fourth-order valence-corrected chi connectivity index (χ4v) is 4.33. The summed E-state index contributed by atoms with van der Waals surface area (Å²) < 4.78 is 34.5. The van der Waals surface area contributed by atoms with Crippen LogP contribution in [0.4, 0.5) is 11.4 Å². The van der Waals surface area contributed by atoms with E-state index in [9.17, 15) is 8.42 Å². The number of nitrogen functional groups attached to an aromatic ring is 1. The molecule has 1 unspecified atom stereocenters. The van der Waals surface area contributed by atoms with E-state index in [1.807, 2.05) is 0 Å². The number of rotatable bonds is 3. The van der Waals surface area contributed by atoms with Crippen LogP contribution in [-0.4, -0.2) is 39.2 Å². The van der Waals surface area contributed by atoms with E-state index in [0.717, 1.165) is 6.42 Å². The Morgan fingerprint density at radius 1 is 1.25 bits per heavy atom. The highest BCUT2D eigenvalue weighted by molar-refractivity contribution is 7.92. The van der Waals surface area contributed by atoms with Crippen molar-refractivity contribution >= 4 is 21.2 Å². The normalized spacial score (nSPS) is 23.5. The Balaban J connectivity index is 1.74. The molecule has 110 valence electrons. The van der Waals surface area contributed by atoms with Crippen molar-refractivity contribution in [2.75, 3.05) is 36.6 Å². The fourth-order valence-electron chi connectivity index (χ4n) is 2.57. The Morgan fingerprint density at radius 3 is 2.60 bits per heavy atom. The van der Waals surface area contributed by atoms with E-state index in [1.54, 1.807) is 12.1 Å². The minimum atomic E-state index is -2.95. The summed E-state index contributed by atoms with van der Waals surface area (Å²) in [6.45, 7) is 1.40. The summed E-state index contributed by atoms with van der Waals surface area (Å²) >= 11 is 0. The van der Waals surface area contributed by atoms with E-state index in [-0.39, 0.29) is 11.0 Å². The van der Waals surface area contributed by atoms with Crippen molar-refractivity contribution in [1.29, 1.82) is 0 Å². The SMILES string of the molecule is Nc1cc2c(cc1NCC1CCCS1(=O)=O)OCCO2. The largest absolute Gasteiger partial charge is 0.486 e. The highest BCUT2D eigenvalue weighted by atomic mass is 32.2. The minimum Gasteiger partial charge on any atom is -0.486 e. The molecule has 0 bridgehead atoms. The van der Waals surface area contributed by atoms with Gasteiger partial charge in [-0.15, -0.1) is 0 Å². The third kappa shape index (κ3) is 2.49. The zero-order chi connectivity index (χ0) is 14.2. The van der Waals surface area contributed by atoms with Crippen LogP contribution in [0.25, 0.3) is 0 Å². The molecule has 0 spiro atoms. The van der Waals surface area contributed by atoms with Gasteiger partial charge >= 0.3 is 0 Å². The molecule has 1 saturated heterocycles. The van der Waals surface area contributed by atoms with Crippen molar-refractivity contribution in [3.63, 3.8) is 0 Å². The summed E-state index contributed by atoms with van der Waals surface area (Å²) in [6, 6.07) is 3.48. The summed E-state index contributed by atoms with van der Waals surface area (Å²) in [4.78, 5) is 0. The molecule has 0 saturated carbocycles. The van der Waals surface area contributed by atoms with E-state index >= 15 is 0 Å². The van der Waals surface area contributed by atoms with E-state index in [0.29, 0.717) is 49.1 Å². The predicted octanol–water partition coefficient (Wildman–Crippen LogP) is 1.03. The zero-order valence-corrected chi connectivity index (χ0v) is 11.9. The Morgan fingerprint density at radius 2 is 1.95 bits per heavy atom. The van der Waals surface area contributed by atoms with Gasteiger partial charge in [0.2, 0.25) is 0 Å². The molecule has 0 aliphatic carbocycles. The van der Waals surface area contributed by atoms with Gasteiger partial charge in [-0.1, -0.05) is 0 Å². The number of nitrogens with two attached hydrogens (primary N) is 1. The number of hydrogen-bond donors (Lipinski definition) is 2. The first kappa shape index (κ1) is 13.4. The molecule has 3 N–H and O–H groups in total. The number of nitrogens with one attached hydrogen (secondary N) is 1. The lowest BCUT2D eigenvalue weighted by molar-refractivity contribution is 0.172. The van der Waals surface area contributed by atoms with Crippen LogP contribution < -0.4 is 20.5 Å². The van der Waals surface area contributed by atoms with Gasteiger partial charge in [0.15, 0.2) is 21.3 Å². The van der Waals surface area contributed by atoms with E-state index in [1.165, 1.54) is 0 Å². The topological polar surface area (TPSA) is 90.7 Å². The second-order valence-corrected chi connectivity index (χ2v) is 7.50. The van der Waals surface area contributed by atoms with E-state index in [4.69, 9.17) is 15.2 Å². The van der Waals surface area contributed by atoms with Gasteiger partial charge in [0.25, 0.3) is 0 Å². The summed E-state index contributed by atoms with van der Waals surface area (Å²) in [5.41, 5.74) is 7.17. The molecule has 6 nitrogen and oxygen atoms in total. The molecule has 3 rings (SSSR count). The average Bonchev–Trinajstić information content (AvgIpc) is 2.75. The van der Waals surface area contributed by atoms with Crippen molar-refractivity contribution in [1.82, 2.24) is 0 Å². The second kappa shape index (κ2) is 5.05. The first-order valence-electron chi connectivity index (χ1n) is 6.71. The molecule has 0 aromatic heterocycles. The first-order valence-corrected chi connectivity index (χ1v) is 8.42. The molecule has 1 fully saturated rings. The molecule has 0 radical (unpaired) electrons. The van der Waals surface area contributed by atoms with Gasteiger partial charge in [-0.2, -0.15) is 0 Å². The Hall–Kier alpha value is -1.63. The molecule has 1 atom stereocenters. The van der Waals surface area contributed by atoms with Crippen LogP contribution in [0.2, 0.25) is 0 Å². The van der Waals surface area contributed by atoms with Crippen LogP contribution in [0.1, 0.15) is 12.8 Å². The van der Waals surface area contributed by atoms with Gasteiger partial charge in [0.05, 0.1) is 22.4 Å². The molecule has 2 heterocycles. The summed E-state index contributed by atoms with van der Waals surface area (Å²) in [5, 5.41) is 2.80. The standard InChI is InChI=1S/C13H18N2O4S/c14-10-6-12-13(19-4-3-18-12)7-11(10)15-8-9-2-1-5-20(9,16)17/h6-7,9,15H,1-5,8,14H2. The molecular formula is C13H18N2O4S. The van der Waals surface area contributed by atoms with Crippen molar-refractivity contribution < 1.29 is 17.9 Å². The molecule has 20 heavy (non-hydrogen) atoms. The predicted molar refractivity (Wildman–Crippen MR) is 77.1 cm³/mol. The van der Waals surface area contributed by atoms with E-state index in [2.05, 4.69) is 5.32 Å². The van der Waals surface area contributed by atoms with Gasteiger partial charge in [0.1, 0.15) is 13.2 Å². The monoisotopic (exact) mass is 298 g/mol. The van der Waals surface area contributed by atoms with Crippen LogP contribution >= 0.6 is 0 Å². The first-order chi connectivity index (χ1) is 9.56. The number of fused-ring (bicyclic) bond motifs is 1. The average molecular weight is 298 g/mol. The highest BCUT2D eigenvalue weighted by Gasteiger charge is 2.31. The number of anilines is 2. The Bertz CT molecular complexity index is 615. The molecule has 2 aliphatic heterocycles. The lowest BCUT2D eigenvalue weighted by atomic mass is 10.2. The van der Waals surface area contributed by atoms with Crippen LogP contribution in [0.3, 0.4) is 0 Å². The van der Waals surface area contributed by atoms with Gasteiger partial charge in [-0.3, -0.25) is 0 Å². The number of hydrogen-bond acceptors (Lipinski definition) is 6. The molecule has 7 heteroatoms. The van der Waals surface area contributed by atoms with Crippen LogP contribution in [0.5, 0.6) is 11.5 Å². The fraction of sp³-hybridized carbons (Fsp3) is 0.538. The van der Waals surface area contributed by atoms with Gasteiger partial charge in [-0.25, -0.2) is 8.42 Å². The van der Waals surface area contributed by atoms with Crippen molar-refractivity contribution in [3.05, 3.63) is 12.1 Å². The van der Waals surface area contributed by atoms with Gasteiger partial charge in [0, 0.05) is 18.7 Å². The van der Waals surface area contributed by atoms with Crippen molar-refractivity contribution in [2.45, 2.75) is 18.1 Å². The van der Waals surface area contributed by atoms with Crippen molar-refractivity contribution in [2.24, 2.45) is 0 Å². The second-order valence-electron chi connectivity index (χ2n) is 5.10. The zero-order valence-electron chi connectivity index (χ0n) is 11.1. The quantitative estimate of drug-likeness (QED) is 0.810. The van der Waals surface area contributed by atoms with E-state index < -0.39 is 9.84 Å². The Kier molecular flexibility index (Phi) is 3.37. The van der Waals surface area contributed by atoms with Crippen LogP contribution in [0, 0.1) is 0 Å². The lowest BCUT2D eigenvalue weighted by Gasteiger charge is -2.21. The number of benzene rings is 1. The van der Waals surface area contributed by atoms with Crippen LogP contribution in [-0.2, 0) is 9.84 Å². The lowest BCUT2D eigenvalue weighted by Crippen LogP contribution is -2.25. The molecular weight excluding hydrogens is 280 g/mol. The molecule has 2 aliphatic rings. The molecule has 0 amide bonds. The van der Waals surface area contributed by atoms with Gasteiger partial charge < -0.3 is 20.5 Å². The molecule has 1 aromatic carbocycles. The third-order valence-electron chi connectivity index (χ3n) is 3.70. The maximum atomic E-state index is 11.8. The number of ether oxygens (including phenoxy) is 2. The summed E-state index contributed by atoms with van der Waals surface area (Å²) in [5.74, 6) is 1.56. The number of sulfone groups is 1. The third-order valence-corrected chi connectivity index (χ3v) is 5.97. The van der Waals surface area contributed by atoms with Crippen molar-refractivity contribution in [3.8, 4) is 11.5 Å². The maximum absolute atomic E-state index is 11.8. The smallest absolute Gasteiger partial charge is 0.163 e. The minimum absolute atomic E-state index is 0.288. The molecule has 1 aromatic rings. The van der Waals surface area contributed by atoms with Crippen LogP contribution in [0.15, 0.2) is 12.1 Å². The maximum Gasteiger partial charge on any atom is 0.163 e. The Labute approximate surface area is 118 Å². The highest BCUT2D eigenvalue weighted by Crippen LogP contribution is 2.37.